The number of carbonyl (C=O) groups is 1. The van der Waals surface area contributed by atoms with E-state index >= 15 is 0 Å². The number of hydrogen-bond donors (Lipinski definition) is 1. The molecule has 1 atom stereocenters. The van der Waals surface area contributed by atoms with Crippen LogP contribution in [0.1, 0.15) is 18.8 Å². The predicted molar refractivity (Wildman–Crippen MR) is 63.2 cm³/mol. The van der Waals surface area contributed by atoms with Crippen LogP contribution in [0.5, 0.6) is 0 Å². The molecule has 0 bridgehead atoms. The number of carboxylic acid groups (broad SMARTS) is 1. The summed E-state index contributed by atoms with van der Waals surface area (Å²) in [5, 5.41) is 24.8. The summed E-state index contributed by atoms with van der Waals surface area (Å²) in [6.07, 6.45) is 3.17. The zero-order valence-electron chi connectivity index (χ0n) is 9.89. The Labute approximate surface area is 107 Å². The van der Waals surface area contributed by atoms with E-state index in [0.29, 0.717) is 5.16 Å². The second-order valence-electron chi connectivity index (χ2n) is 3.68. The van der Waals surface area contributed by atoms with Crippen LogP contribution in [0.15, 0.2) is 17.8 Å². The van der Waals surface area contributed by atoms with Crippen molar-refractivity contribution < 1.29 is 9.90 Å². The average Bonchev–Trinajstić information content (AvgIpc) is 2.93. The Morgan fingerprint density at radius 1 is 1.44 bits per heavy atom. The Morgan fingerprint density at radius 2 is 2.17 bits per heavy atom. The maximum Gasteiger partial charge on any atom is 0.313 e. The molecule has 1 N–H and O–H groups in total. The molecular weight excluding hydrogens is 256 g/mol. The molecule has 0 aliphatic carbocycles. The van der Waals surface area contributed by atoms with Gasteiger partial charge in [-0.05, 0) is 6.92 Å². The minimum atomic E-state index is -0.888. The Balaban J connectivity index is 2.21. The zero-order chi connectivity index (χ0) is 13.1. The van der Waals surface area contributed by atoms with Crippen molar-refractivity contribution in [3.8, 4) is 0 Å². The highest BCUT2D eigenvalue weighted by atomic mass is 32.2. The van der Waals surface area contributed by atoms with E-state index in [9.17, 15) is 4.79 Å². The van der Waals surface area contributed by atoms with Crippen molar-refractivity contribution in [2.24, 2.45) is 7.05 Å². The van der Waals surface area contributed by atoms with E-state index in [1.54, 1.807) is 21.8 Å². The van der Waals surface area contributed by atoms with E-state index in [1.165, 1.54) is 0 Å². The van der Waals surface area contributed by atoms with Gasteiger partial charge in [-0.2, -0.15) is 0 Å². The molecule has 9 heteroatoms. The third kappa shape index (κ3) is 2.50. The summed E-state index contributed by atoms with van der Waals surface area (Å²) in [6.45, 7) is 1.93. The van der Waals surface area contributed by atoms with Crippen molar-refractivity contribution >= 4 is 17.7 Å². The molecule has 0 aliphatic rings. The van der Waals surface area contributed by atoms with Crippen molar-refractivity contribution in [2.45, 2.75) is 18.1 Å². The summed E-state index contributed by atoms with van der Waals surface area (Å²) < 4.78 is 3.58. The highest BCUT2D eigenvalue weighted by Gasteiger charge is 2.18. The van der Waals surface area contributed by atoms with E-state index in [-0.39, 0.29) is 11.8 Å². The predicted octanol–water partition coefficient (Wildman–Crippen LogP) is 0.193. The average molecular weight is 268 g/mol. The lowest BCUT2D eigenvalue weighted by molar-refractivity contribution is -0.133. The highest BCUT2D eigenvalue weighted by molar-refractivity contribution is 7.99. The molecular formula is C9H12N6O2S. The molecule has 0 amide bonds. The molecule has 2 aromatic heterocycles. The van der Waals surface area contributed by atoms with Gasteiger partial charge in [-0.1, -0.05) is 11.8 Å². The van der Waals surface area contributed by atoms with Gasteiger partial charge in [0.1, 0.15) is 12.7 Å². The van der Waals surface area contributed by atoms with Crippen molar-refractivity contribution in [3.63, 3.8) is 0 Å². The first-order chi connectivity index (χ1) is 8.59. The van der Waals surface area contributed by atoms with Crippen LogP contribution >= 0.6 is 11.8 Å². The first-order valence-corrected chi connectivity index (χ1v) is 6.16. The number of carboxylic acids is 1. The molecule has 96 valence electrons. The quantitative estimate of drug-likeness (QED) is 0.773. The lowest BCUT2D eigenvalue weighted by Gasteiger charge is -2.13. The summed E-state index contributed by atoms with van der Waals surface area (Å²) >= 11 is 1.13. The Bertz CT molecular complexity index is 551. The first-order valence-electron chi connectivity index (χ1n) is 5.17. The maximum atomic E-state index is 10.6. The summed E-state index contributed by atoms with van der Waals surface area (Å²) in [7, 11) is 1.85. The number of thioether (sulfide) groups is 1. The van der Waals surface area contributed by atoms with Gasteiger partial charge in [0.2, 0.25) is 0 Å². The summed E-state index contributed by atoms with van der Waals surface area (Å²) in [5.74, 6) is -0.183. The summed E-state index contributed by atoms with van der Waals surface area (Å²) in [4.78, 5) is 10.6. The van der Waals surface area contributed by atoms with E-state index in [2.05, 4.69) is 20.4 Å². The van der Waals surface area contributed by atoms with Crippen LogP contribution in [0.2, 0.25) is 0 Å². The molecule has 18 heavy (non-hydrogen) atoms. The van der Waals surface area contributed by atoms with Crippen LogP contribution in [0.4, 0.5) is 0 Å². The Hall–Kier alpha value is -1.90. The van der Waals surface area contributed by atoms with Crippen LogP contribution in [-0.2, 0) is 11.8 Å². The molecule has 0 radical (unpaired) electrons. The molecule has 0 fully saturated rings. The number of hydrogen-bond acceptors (Lipinski definition) is 6. The van der Waals surface area contributed by atoms with Gasteiger partial charge < -0.3 is 9.67 Å². The molecule has 1 unspecified atom stereocenters. The Morgan fingerprint density at radius 3 is 2.78 bits per heavy atom. The van der Waals surface area contributed by atoms with Gasteiger partial charge in [0.15, 0.2) is 11.0 Å². The van der Waals surface area contributed by atoms with E-state index in [1.807, 2.05) is 14.0 Å². The minimum Gasteiger partial charge on any atom is -0.481 e. The van der Waals surface area contributed by atoms with E-state index < -0.39 is 5.97 Å². The van der Waals surface area contributed by atoms with Crippen LogP contribution in [-0.4, -0.2) is 46.4 Å². The van der Waals surface area contributed by atoms with Crippen LogP contribution in [0.25, 0.3) is 0 Å². The second-order valence-corrected chi connectivity index (χ2v) is 4.62. The minimum absolute atomic E-state index is 0.0514. The fourth-order valence-corrected chi connectivity index (χ4v) is 2.23. The smallest absolute Gasteiger partial charge is 0.313 e. The van der Waals surface area contributed by atoms with Crippen LogP contribution in [0, 0.1) is 0 Å². The lowest BCUT2D eigenvalue weighted by atomic mass is 10.3. The molecule has 0 aromatic carbocycles. The van der Waals surface area contributed by atoms with Gasteiger partial charge in [-0.3, -0.25) is 9.36 Å². The van der Waals surface area contributed by atoms with Gasteiger partial charge in [0, 0.05) is 7.05 Å². The molecule has 8 nitrogen and oxygen atoms in total. The summed E-state index contributed by atoms with van der Waals surface area (Å²) in [6, 6.07) is -0.108. The molecule has 0 aliphatic heterocycles. The SMILES string of the molecule is CC(c1nncn1C)n1cnnc1SCC(=O)O. The van der Waals surface area contributed by atoms with Gasteiger partial charge >= 0.3 is 5.97 Å². The lowest BCUT2D eigenvalue weighted by Crippen LogP contribution is -2.12. The monoisotopic (exact) mass is 268 g/mol. The van der Waals surface area contributed by atoms with Gasteiger partial charge in [0.25, 0.3) is 0 Å². The number of aromatic nitrogens is 6. The molecule has 0 saturated carbocycles. The van der Waals surface area contributed by atoms with Crippen molar-refractivity contribution in [2.75, 3.05) is 5.75 Å². The van der Waals surface area contributed by atoms with Gasteiger partial charge in [0.05, 0.1) is 11.8 Å². The molecule has 2 heterocycles. The summed E-state index contributed by atoms with van der Waals surface area (Å²) in [5.41, 5.74) is 0. The van der Waals surface area contributed by atoms with Crippen molar-refractivity contribution in [1.29, 1.82) is 0 Å². The number of rotatable bonds is 5. The van der Waals surface area contributed by atoms with Gasteiger partial charge in [-0.15, -0.1) is 20.4 Å². The third-order valence-electron chi connectivity index (χ3n) is 2.40. The second kappa shape index (κ2) is 5.17. The van der Waals surface area contributed by atoms with Crippen LogP contribution < -0.4 is 0 Å². The van der Waals surface area contributed by atoms with Crippen molar-refractivity contribution in [3.05, 3.63) is 18.5 Å². The number of aliphatic carboxylic acids is 1. The third-order valence-corrected chi connectivity index (χ3v) is 3.34. The van der Waals surface area contributed by atoms with Crippen molar-refractivity contribution in [1.82, 2.24) is 29.5 Å². The number of nitrogens with zero attached hydrogens (tertiary/aromatic N) is 6. The highest BCUT2D eigenvalue weighted by Crippen LogP contribution is 2.22. The first kappa shape index (κ1) is 12.6. The topological polar surface area (TPSA) is 98.7 Å². The normalized spacial score (nSPS) is 12.6. The zero-order valence-corrected chi connectivity index (χ0v) is 10.7. The Kier molecular flexibility index (Phi) is 3.60. The van der Waals surface area contributed by atoms with Gasteiger partial charge in [-0.25, -0.2) is 0 Å². The fraction of sp³-hybridized carbons (Fsp3) is 0.444. The van der Waals surface area contributed by atoms with E-state index in [0.717, 1.165) is 17.6 Å². The molecule has 0 saturated heterocycles. The standard InChI is InChI=1S/C9H12N6O2S/c1-6(8-12-10-4-14(8)2)15-5-11-13-9(15)18-3-7(16)17/h4-6H,3H2,1-2H3,(H,16,17). The number of aryl methyl sites for hydroxylation is 1. The van der Waals surface area contributed by atoms with E-state index in [4.69, 9.17) is 5.11 Å². The maximum absolute atomic E-state index is 10.6. The van der Waals surface area contributed by atoms with Crippen LogP contribution in [0.3, 0.4) is 0 Å². The molecule has 0 spiro atoms. The fourth-order valence-electron chi connectivity index (χ4n) is 1.52. The molecule has 2 aromatic rings. The largest absolute Gasteiger partial charge is 0.481 e. The molecule has 2 rings (SSSR count).